The Morgan fingerprint density at radius 2 is 2.29 bits per heavy atom. The van der Waals surface area contributed by atoms with Gasteiger partial charge in [0.05, 0.1) is 11.2 Å². The van der Waals surface area contributed by atoms with Gasteiger partial charge < -0.3 is 10.2 Å². The van der Waals surface area contributed by atoms with Gasteiger partial charge in [-0.2, -0.15) is 0 Å². The molecule has 0 amide bonds. The molecule has 1 unspecified atom stereocenters. The zero-order valence-corrected chi connectivity index (χ0v) is 11.7. The van der Waals surface area contributed by atoms with Crippen LogP contribution < -0.4 is 5.32 Å². The minimum absolute atomic E-state index is 0.396. The number of piperidine rings is 1. The predicted octanol–water partition coefficient (Wildman–Crippen LogP) is 2.53. The standard InChI is InChI=1S/C13H23N3S/c1-11(13-9-17-10-15-13)14-6-3-12-4-7-16(2)8-5-12/h9-12,14H,3-8H2,1-2H3. The van der Waals surface area contributed by atoms with Crippen molar-refractivity contribution < 1.29 is 0 Å². The summed E-state index contributed by atoms with van der Waals surface area (Å²) in [5, 5.41) is 5.71. The molecule has 96 valence electrons. The van der Waals surface area contributed by atoms with Crippen molar-refractivity contribution in [1.29, 1.82) is 0 Å². The van der Waals surface area contributed by atoms with Crippen LogP contribution in [0.1, 0.15) is 37.9 Å². The Kier molecular flexibility index (Phi) is 4.95. The third kappa shape index (κ3) is 4.05. The number of rotatable bonds is 5. The molecule has 1 N–H and O–H groups in total. The van der Waals surface area contributed by atoms with Crippen molar-refractivity contribution in [1.82, 2.24) is 15.2 Å². The second kappa shape index (κ2) is 6.47. The number of nitrogens with one attached hydrogen (secondary N) is 1. The highest BCUT2D eigenvalue weighted by molar-refractivity contribution is 7.07. The van der Waals surface area contributed by atoms with E-state index in [4.69, 9.17) is 0 Å². The van der Waals surface area contributed by atoms with Crippen LogP contribution in [0, 0.1) is 5.92 Å². The van der Waals surface area contributed by atoms with E-state index in [2.05, 4.69) is 34.6 Å². The summed E-state index contributed by atoms with van der Waals surface area (Å²) in [5.41, 5.74) is 3.09. The fraction of sp³-hybridized carbons (Fsp3) is 0.769. The molecule has 0 aliphatic carbocycles. The first-order valence-electron chi connectivity index (χ1n) is 6.55. The second-order valence-electron chi connectivity index (χ2n) is 5.12. The van der Waals surface area contributed by atoms with Gasteiger partial charge in [-0.05, 0) is 58.8 Å². The van der Waals surface area contributed by atoms with Crippen molar-refractivity contribution in [2.75, 3.05) is 26.7 Å². The summed E-state index contributed by atoms with van der Waals surface area (Å²) in [7, 11) is 2.22. The fourth-order valence-electron chi connectivity index (χ4n) is 2.39. The number of aromatic nitrogens is 1. The maximum Gasteiger partial charge on any atom is 0.0795 e. The lowest BCUT2D eigenvalue weighted by Gasteiger charge is -2.29. The largest absolute Gasteiger partial charge is 0.309 e. The first-order valence-corrected chi connectivity index (χ1v) is 7.50. The van der Waals surface area contributed by atoms with Crippen molar-refractivity contribution in [2.45, 2.75) is 32.2 Å². The van der Waals surface area contributed by atoms with E-state index in [1.807, 2.05) is 5.51 Å². The maximum atomic E-state index is 4.34. The van der Waals surface area contributed by atoms with E-state index in [1.54, 1.807) is 11.3 Å². The van der Waals surface area contributed by atoms with E-state index >= 15 is 0 Å². The van der Waals surface area contributed by atoms with Crippen LogP contribution in [0.3, 0.4) is 0 Å². The number of thiazole rings is 1. The minimum Gasteiger partial charge on any atom is -0.309 e. The number of nitrogens with zero attached hydrogens (tertiary/aromatic N) is 2. The molecular weight excluding hydrogens is 230 g/mol. The van der Waals surface area contributed by atoms with Gasteiger partial charge in [-0.25, -0.2) is 4.98 Å². The Balaban J connectivity index is 1.63. The molecule has 0 aromatic carbocycles. The molecule has 1 saturated heterocycles. The Bertz CT molecular complexity index is 304. The van der Waals surface area contributed by atoms with E-state index in [-0.39, 0.29) is 0 Å². The van der Waals surface area contributed by atoms with E-state index in [9.17, 15) is 0 Å². The Labute approximate surface area is 108 Å². The molecule has 1 aliphatic rings. The van der Waals surface area contributed by atoms with E-state index in [0.717, 1.165) is 12.5 Å². The lowest BCUT2D eigenvalue weighted by atomic mass is 9.94. The quantitative estimate of drug-likeness (QED) is 0.874. The third-order valence-electron chi connectivity index (χ3n) is 3.74. The van der Waals surface area contributed by atoms with Gasteiger partial charge >= 0.3 is 0 Å². The van der Waals surface area contributed by atoms with Gasteiger partial charge in [0.25, 0.3) is 0 Å². The smallest absolute Gasteiger partial charge is 0.0795 e. The molecule has 0 bridgehead atoms. The predicted molar refractivity (Wildman–Crippen MR) is 73.4 cm³/mol. The Hall–Kier alpha value is -0.450. The Morgan fingerprint density at radius 3 is 2.94 bits per heavy atom. The van der Waals surface area contributed by atoms with Gasteiger partial charge in [-0.3, -0.25) is 0 Å². The summed E-state index contributed by atoms with van der Waals surface area (Å²) >= 11 is 1.67. The normalized spacial score (nSPS) is 20.6. The topological polar surface area (TPSA) is 28.2 Å². The zero-order valence-electron chi connectivity index (χ0n) is 10.9. The van der Waals surface area contributed by atoms with E-state index < -0.39 is 0 Å². The van der Waals surface area contributed by atoms with Crippen LogP contribution >= 0.6 is 11.3 Å². The SMILES string of the molecule is CC(NCCC1CCN(C)CC1)c1cscn1. The molecule has 3 nitrogen and oxygen atoms in total. The third-order valence-corrected chi connectivity index (χ3v) is 4.34. The molecule has 1 fully saturated rings. The van der Waals surface area contributed by atoms with Gasteiger partial charge in [0, 0.05) is 11.4 Å². The molecule has 0 spiro atoms. The molecule has 1 atom stereocenters. The summed E-state index contributed by atoms with van der Waals surface area (Å²) < 4.78 is 0. The van der Waals surface area contributed by atoms with Gasteiger partial charge in [-0.15, -0.1) is 11.3 Å². The first kappa shape index (κ1) is 13.0. The monoisotopic (exact) mass is 253 g/mol. The first-order chi connectivity index (χ1) is 8.25. The molecule has 2 rings (SSSR count). The summed E-state index contributed by atoms with van der Waals surface area (Å²) in [4.78, 5) is 6.77. The van der Waals surface area contributed by atoms with Crippen molar-refractivity contribution in [3.05, 3.63) is 16.6 Å². The van der Waals surface area contributed by atoms with Crippen molar-refractivity contribution >= 4 is 11.3 Å². The summed E-state index contributed by atoms with van der Waals surface area (Å²) in [6.07, 6.45) is 4.04. The van der Waals surface area contributed by atoms with Crippen LogP contribution in [0.15, 0.2) is 10.9 Å². The van der Waals surface area contributed by atoms with E-state index in [1.165, 1.54) is 38.0 Å². The molecule has 1 aliphatic heterocycles. The highest BCUT2D eigenvalue weighted by atomic mass is 32.1. The molecule has 2 heterocycles. The summed E-state index contributed by atoms with van der Waals surface area (Å²) in [6, 6.07) is 0.396. The van der Waals surface area contributed by atoms with Crippen molar-refractivity contribution in [3.63, 3.8) is 0 Å². The summed E-state index contributed by atoms with van der Waals surface area (Å²) in [6.45, 7) is 5.86. The average Bonchev–Trinajstić information content (AvgIpc) is 2.85. The average molecular weight is 253 g/mol. The lowest BCUT2D eigenvalue weighted by molar-refractivity contribution is 0.210. The number of hydrogen-bond donors (Lipinski definition) is 1. The number of hydrogen-bond acceptors (Lipinski definition) is 4. The maximum absolute atomic E-state index is 4.34. The summed E-state index contributed by atoms with van der Waals surface area (Å²) in [5.74, 6) is 0.918. The molecule has 0 saturated carbocycles. The van der Waals surface area contributed by atoms with Crippen LogP contribution in [0.25, 0.3) is 0 Å². The zero-order chi connectivity index (χ0) is 12.1. The molecule has 4 heteroatoms. The number of likely N-dealkylation sites (tertiary alicyclic amines) is 1. The fourth-order valence-corrected chi connectivity index (χ4v) is 3.04. The van der Waals surface area contributed by atoms with Gasteiger partial charge in [0.1, 0.15) is 0 Å². The highest BCUT2D eigenvalue weighted by Crippen LogP contribution is 2.19. The highest BCUT2D eigenvalue weighted by Gasteiger charge is 2.16. The van der Waals surface area contributed by atoms with Crippen LogP contribution in [-0.2, 0) is 0 Å². The van der Waals surface area contributed by atoms with Crippen LogP contribution in [0.5, 0.6) is 0 Å². The van der Waals surface area contributed by atoms with Crippen molar-refractivity contribution in [3.8, 4) is 0 Å². The minimum atomic E-state index is 0.396. The molecule has 0 radical (unpaired) electrons. The van der Waals surface area contributed by atoms with Crippen molar-refractivity contribution in [2.24, 2.45) is 5.92 Å². The van der Waals surface area contributed by atoms with Crippen LogP contribution in [0.2, 0.25) is 0 Å². The molecule has 17 heavy (non-hydrogen) atoms. The Morgan fingerprint density at radius 1 is 1.53 bits per heavy atom. The lowest BCUT2D eigenvalue weighted by Crippen LogP contribution is -2.32. The molecule has 1 aromatic heterocycles. The second-order valence-corrected chi connectivity index (χ2v) is 5.84. The molecular formula is C13H23N3S. The van der Waals surface area contributed by atoms with Gasteiger partial charge in [-0.1, -0.05) is 0 Å². The van der Waals surface area contributed by atoms with Crippen LogP contribution in [-0.4, -0.2) is 36.6 Å². The molecule has 1 aromatic rings. The van der Waals surface area contributed by atoms with Crippen LogP contribution in [0.4, 0.5) is 0 Å². The van der Waals surface area contributed by atoms with E-state index in [0.29, 0.717) is 6.04 Å². The van der Waals surface area contributed by atoms with Gasteiger partial charge in [0.15, 0.2) is 0 Å². The van der Waals surface area contributed by atoms with Gasteiger partial charge in [0.2, 0.25) is 0 Å².